The number of hydrogen-bond donors (Lipinski definition) is 0. The first-order valence-electron chi connectivity index (χ1n) is 7.89. The van der Waals surface area contributed by atoms with Crippen molar-refractivity contribution < 1.29 is 9.53 Å². The second-order valence-corrected chi connectivity index (χ2v) is 6.79. The van der Waals surface area contributed by atoms with Gasteiger partial charge in [-0.3, -0.25) is 9.80 Å². The highest BCUT2D eigenvalue weighted by Gasteiger charge is 2.53. The summed E-state index contributed by atoms with van der Waals surface area (Å²) in [4.78, 5) is 12.3. The van der Waals surface area contributed by atoms with E-state index in [4.69, 9.17) is 16.3 Å². The monoisotopic (exact) mass is 340 g/mol. The number of Topliss-reactive ketones (excluding diaryl/α,β-unsaturated/α-hetero) is 1. The number of ketones is 1. The molecule has 0 spiro atoms. The Balaban J connectivity index is 1.90. The lowest BCUT2D eigenvalue weighted by atomic mass is 9.71. The molecule has 0 radical (unpaired) electrons. The lowest BCUT2D eigenvalue weighted by Crippen LogP contribution is -2.51. The Bertz CT molecular complexity index is 850. The van der Waals surface area contributed by atoms with Gasteiger partial charge < -0.3 is 4.74 Å². The topological polar surface area (TPSA) is 41.9 Å². The molecule has 24 heavy (non-hydrogen) atoms. The zero-order chi connectivity index (χ0) is 16.9. The van der Waals surface area contributed by atoms with E-state index in [1.54, 1.807) is 13.0 Å². The van der Waals surface area contributed by atoms with E-state index < -0.39 is 5.41 Å². The lowest BCUT2D eigenvalue weighted by molar-refractivity contribution is -0.111. The number of carbonyl (C=O) groups excluding carboxylic acids is 1. The summed E-state index contributed by atoms with van der Waals surface area (Å²) in [5.74, 6) is 0.707. The Morgan fingerprint density at radius 3 is 2.75 bits per heavy atom. The molecule has 122 valence electrons. The van der Waals surface area contributed by atoms with Crippen LogP contribution in [0.4, 0.5) is 5.69 Å². The van der Waals surface area contributed by atoms with Gasteiger partial charge in [-0.05, 0) is 30.7 Å². The van der Waals surface area contributed by atoms with Gasteiger partial charge >= 0.3 is 0 Å². The highest BCUT2D eigenvalue weighted by Crippen LogP contribution is 2.46. The average molecular weight is 341 g/mol. The molecule has 2 unspecified atom stereocenters. The Morgan fingerprint density at radius 1 is 1.29 bits per heavy atom. The van der Waals surface area contributed by atoms with Gasteiger partial charge in [0.15, 0.2) is 5.78 Å². The van der Waals surface area contributed by atoms with E-state index in [2.05, 4.69) is 12.0 Å². The quantitative estimate of drug-likeness (QED) is 0.834. The number of halogens is 1. The van der Waals surface area contributed by atoms with Crippen LogP contribution < -0.4 is 9.75 Å². The van der Waals surface area contributed by atoms with Crippen LogP contribution in [0.1, 0.15) is 19.4 Å². The number of ether oxygens (including phenoxy) is 1. The zero-order valence-electron chi connectivity index (χ0n) is 13.5. The molecule has 2 aliphatic heterocycles. The molecule has 2 aromatic carbocycles. The van der Waals surface area contributed by atoms with E-state index >= 15 is 0 Å². The van der Waals surface area contributed by atoms with Crippen molar-refractivity contribution in [2.75, 3.05) is 11.6 Å². The summed E-state index contributed by atoms with van der Waals surface area (Å²) in [6.07, 6.45) is 0. The summed E-state index contributed by atoms with van der Waals surface area (Å²) < 4.78 is 5.95. The largest absolute Gasteiger partial charge is 0.489 e. The van der Waals surface area contributed by atoms with Gasteiger partial charge in [0.1, 0.15) is 29.8 Å². The highest BCUT2D eigenvalue weighted by molar-refractivity contribution is 6.43. The Labute approximate surface area is 145 Å². The molecule has 0 aromatic heterocycles. The standard InChI is InChI=1S/C19H17ClN2O2/c1-12(23)18-19(2,13-6-4-3-5-7-13)17-11-24-16-9-8-14(20)10-15(16)22(17)21-18/h3-10,17H,11H2,1-2H3. The SMILES string of the molecule is CC(=O)C1=NN2c3cc(Cl)ccc3OCC2C1(C)c1ccccc1. The third-order valence-corrected chi connectivity index (χ3v) is 5.17. The van der Waals surface area contributed by atoms with E-state index in [-0.39, 0.29) is 11.8 Å². The van der Waals surface area contributed by atoms with E-state index in [1.807, 2.05) is 47.5 Å². The second kappa shape index (κ2) is 5.35. The number of carbonyl (C=O) groups is 1. The minimum absolute atomic E-state index is 0.0284. The van der Waals surface area contributed by atoms with Crippen LogP contribution in [0.5, 0.6) is 5.75 Å². The summed E-state index contributed by atoms with van der Waals surface area (Å²) in [7, 11) is 0. The van der Waals surface area contributed by atoms with Crippen LogP contribution in [0.25, 0.3) is 0 Å². The molecule has 0 fully saturated rings. The molecule has 0 saturated carbocycles. The molecule has 0 amide bonds. The molecule has 2 heterocycles. The van der Waals surface area contributed by atoms with Crippen molar-refractivity contribution in [2.24, 2.45) is 5.10 Å². The van der Waals surface area contributed by atoms with Crippen molar-refractivity contribution in [3.05, 3.63) is 59.1 Å². The normalized spacial score (nSPS) is 24.7. The van der Waals surface area contributed by atoms with Crippen molar-refractivity contribution in [1.82, 2.24) is 0 Å². The smallest absolute Gasteiger partial charge is 0.176 e. The number of hydrogen-bond acceptors (Lipinski definition) is 4. The molecule has 4 nitrogen and oxygen atoms in total. The average Bonchev–Trinajstić information content (AvgIpc) is 2.90. The number of hydrazone groups is 1. The number of anilines is 1. The molecule has 2 aromatic rings. The van der Waals surface area contributed by atoms with Gasteiger partial charge in [0.2, 0.25) is 0 Å². The van der Waals surface area contributed by atoms with Crippen molar-refractivity contribution in [3.8, 4) is 5.75 Å². The van der Waals surface area contributed by atoms with E-state index in [0.717, 1.165) is 17.0 Å². The van der Waals surface area contributed by atoms with Gasteiger partial charge in [-0.25, -0.2) is 0 Å². The zero-order valence-corrected chi connectivity index (χ0v) is 14.2. The number of rotatable bonds is 2. The Morgan fingerprint density at radius 2 is 2.04 bits per heavy atom. The Hall–Kier alpha value is -2.33. The van der Waals surface area contributed by atoms with Crippen LogP contribution >= 0.6 is 11.6 Å². The van der Waals surface area contributed by atoms with Crippen molar-refractivity contribution >= 4 is 28.8 Å². The lowest BCUT2D eigenvalue weighted by Gasteiger charge is -2.39. The third-order valence-electron chi connectivity index (χ3n) is 4.93. The van der Waals surface area contributed by atoms with Gasteiger partial charge in [-0.1, -0.05) is 41.9 Å². The van der Waals surface area contributed by atoms with Crippen LogP contribution in [-0.4, -0.2) is 24.1 Å². The summed E-state index contributed by atoms with van der Waals surface area (Å²) in [5, 5.41) is 7.20. The van der Waals surface area contributed by atoms with Crippen molar-refractivity contribution in [1.29, 1.82) is 0 Å². The van der Waals surface area contributed by atoms with Crippen molar-refractivity contribution in [3.63, 3.8) is 0 Å². The van der Waals surface area contributed by atoms with Gasteiger partial charge in [0.05, 0.1) is 5.41 Å². The fourth-order valence-corrected chi connectivity index (χ4v) is 3.82. The fourth-order valence-electron chi connectivity index (χ4n) is 3.65. The van der Waals surface area contributed by atoms with Crippen LogP contribution in [-0.2, 0) is 10.2 Å². The maximum Gasteiger partial charge on any atom is 0.176 e. The van der Waals surface area contributed by atoms with Gasteiger partial charge in [0, 0.05) is 11.9 Å². The van der Waals surface area contributed by atoms with Crippen LogP contribution in [0.2, 0.25) is 5.02 Å². The summed E-state index contributed by atoms with van der Waals surface area (Å²) in [6.45, 7) is 4.09. The third kappa shape index (κ3) is 2.06. The number of nitrogens with zero attached hydrogens (tertiary/aromatic N) is 2. The maximum absolute atomic E-state index is 12.3. The van der Waals surface area contributed by atoms with Gasteiger partial charge in [-0.2, -0.15) is 5.10 Å². The van der Waals surface area contributed by atoms with Gasteiger partial charge in [-0.15, -0.1) is 0 Å². The minimum Gasteiger partial charge on any atom is -0.489 e. The first kappa shape index (κ1) is 15.2. The minimum atomic E-state index is -0.535. The van der Waals surface area contributed by atoms with Crippen LogP contribution in [0, 0.1) is 0 Å². The second-order valence-electron chi connectivity index (χ2n) is 6.36. The van der Waals surface area contributed by atoms with E-state index in [1.165, 1.54) is 0 Å². The highest BCUT2D eigenvalue weighted by atomic mass is 35.5. The van der Waals surface area contributed by atoms with E-state index in [9.17, 15) is 4.79 Å². The summed E-state index contributed by atoms with van der Waals surface area (Å²) in [5.41, 5.74) is 1.88. The molecule has 0 saturated heterocycles. The summed E-state index contributed by atoms with van der Waals surface area (Å²) >= 11 is 6.16. The molecule has 5 heteroatoms. The molecule has 2 atom stereocenters. The van der Waals surface area contributed by atoms with Crippen molar-refractivity contribution in [2.45, 2.75) is 25.3 Å². The van der Waals surface area contributed by atoms with Crippen LogP contribution in [0.15, 0.2) is 53.6 Å². The molecule has 2 aliphatic rings. The molecule has 4 rings (SSSR count). The molecule has 0 N–H and O–H groups in total. The predicted molar refractivity (Wildman–Crippen MR) is 95.1 cm³/mol. The first-order chi connectivity index (χ1) is 11.5. The maximum atomic E-state index is 12.3. The molecule has 0 bridgehead atoms. The molecular weight excluding hydrogens is 324 g/mol. The predicted octanol–water partition coefficient (Wildman–Crippen LogP) is 3.82. The Kier molecular flexibility index (Phi) is 3.39. The number of fused-ring (bicyclic) bond motifs is 3. The van der Waals surface area contributed by atoms with Crippen LogP contribution in [0.3, 0.4) is 0 Å². The molecular formula is C19H17ClN2O2. The van der Waals surface area contributed by atoms with E-state index in [0.29, 0.717) is 17.3 Å². The first-order valence-corrected chi connectivity index (χ1v) is 8.26. The summed E-state index contributed by atoms with van der Waals surface area (Å²) in [6, 6.07) is 15.4. The molecule has 0 aliphatic carbocycles. The van der Waals surface area contributed by atoms with Gasteiger partial charge in [0.25, 0.3) is 0 Å². The fraction of sp³-hybridized carbons (Fsp3) is 0.263. The number of benzene rings is 2.